The molecule has 1 heterocycles. The summed E-state index contributed by atoms with van der Waals surface area (Å²) in [6, 6.07) is 8.02. The molecule has 5 heteroatoms. The van der Waals surface area contributed by atoms with E-state index in [1.807, 2.05) is 0 Å². The average Bonchev–Trinajstić information content (AvgIpc) is 2.36. The van der Waals surface area contributed by atoms with Gasteiger partial charge in [0.25, 0.3) is 0 Å². The number of nitrogens with zero attached hydrogens (tertiary/aromatic N) is 1. The minimum absolute atomic E-state index is 0.235. The summed E-state index contributed by atoms with van der Waals surface area (Å²) in [5, 5.41) is 0.807. The lowest BCUT2D eigenvalue weighted by Gasteiger charge is -2.06. The fourth-order valence-electron chi connectivity index (χ4n) is 1.55. The van der Waals surface area contributed by atoms with E-state index in [1.165, 1.54) is 13.3 Å². The Morgan fingerprint density at radius 3 is 2.50 bits per heavy atom. The lowest BCUT2D eigenvalue weighted by molar-refractivity contribution is 0.103. The first-order valence-corrected chi connectivity index (χ1v) is 5.87. The van der Waals surface area contributed by atoms with Crippen molar-refractivity contribution in [2.45, 2.75) is 0 Å². The molecule has 0 unspecified atom stereocenters. The highest BCUT2D eigenvalue weighted by atomic mass is 35.5. The van der Waals surface area contributed by atoms with Crippen LogP contribution in [0.5, 0.6) is 5.75 Å². The monoisotopic (exact) mass is 281 g/mol. The van der Waals surface area contributed by atoms with Crippen LogP contribution in [-0.2, 0) is 0 Å². The van der Waals surface area contributed by atoms with E-state index < -0.39 is 0 Å². The van der Waals surface area contributed by atoms with Gasteiger partial charge in [-0.3, -0.25) is 4.79 Å². The zero-order valence-corrected chi connectivity index (χ0v) is 11.0. The Labute approximate surface area is 114 Å². The fraction of sp³-hybridized carbons (Fsp3) is 0.0769. The van der Waals surface area contributed by atoms with Gasteiger partial charge in [0.05, 0.1) is 7.11 Å². The van der Waals surface area contributed by atoms with E-state index in [9.17, 15) is 4.79 Å². The van der Waals surface area contributed by atoms with Gasteiger partial charge in [0.2, 0.25) is 5.78 Å². The molecule has 0 N–H and O–H groups in total. The number of benzene rings is 1. The van der Waals surface area contributed by atoms with E-state index in [-0.39, 0.29) is 11.5 Å². The number of rotatable bonds is 3. The molecule has 0 aliphatic carbocycles. The summed E-state index contributed by atoms with van der Waals surface area (Å²) in [5.41, 5.74) is 0.614. The number of carbonyl (C=O) groups excluding carboxylic acids is 1. The molecular formula is C13H9Cl2NO2. The molecule has 1 aromatic carbocycles. The smallest absolute Gasteiger partial charge is 0.215 e. The van der Waals surface area contributed by atoms with Crippen LogP contribution in [0, 0.1) is 0 Å². The number of hydrogen-bond acceptors (Lipinski definition) is 3. The molecule has 1 aromatic heterocycles. The second-order valence-electron chi connectivity index (χ2n) is 3.54. The summed E-state index contributed by atoms with van der Waals surface area (Å²) in [4.78, 5) is 16.3. The first-order chi connectivity index (χ1) is 8.61. The molecule has 0 spiro atoms. The predicted octanol–water partition coefficient (Wildman–Crippen LogP) is 3.63. The van der Waals surface area contributed by atoms with Crippen LogP contribution < -0.4 is 4.74 Å². The number of halogens is 2. The minimum Gasteiger partial charge on any atom is -0.494 e. The third kappa shape index (κ3) is 2.63. The quantitative estimate of drug-likeness (QED) is 0.807. The Morgan fingerprint density at radius 1 is 1.22 bits per heavy atom. The van der Waals surface area contributed by atoms with Crippen molar-refractivity contribution in [3.63, 3.8) is 0 Å². The molecule has 2 rings (SSSR count). The molecule has 0 atom stereocenters. The SMILES string of the molecule is COc1cccnc1C(=O)c1cc(Cl)cc(Cl)c1. The number of hydrogen-bond donors (Lipinski definition) is 0. The maximum Gasteiger partial charge on any atom is 0.215 e. The number of ketones is 1. The van der Waals surface area contributed by atoms with Crippen molar-refractivity contribution >= 4 is 29.0 Å². The molecule has 0 amide bonds. The standard InChI is InChI=1S/C13H9Cl2NO2/c1-18-11-3-2-4-16-12(11)13(17)8-5-9(14)7-10(15)6-8/h2-7H,1H3. The van der Waals surface area contributed by atoms with E-state index in [2.05, 4.69) is 4.98 Å². The van der Waals surface area contributed by atoms with Crippen LogP contribution in [-0.4, -0.2) is 17.9 Å². The van der Waals surface area contributed by atoms with E-state index in [0.717, 1.165) is 0 Å². The van der Waals surface area contributed by atoms with Gasteiger partial charge >= 0.3 is 0 Å². The molecule has 0 aliphatic heterocycles. The Morgan fingerprint density at radius 2 is 1.89 bits per heavy atom. The van der Waals surface area contributed by atoms with E-state index in [4.69, 9.17) is 27.9 Å². The number of carbonyl (C=O) groups is 1. The van der Waals surface area contributed by atoms with Crippen molar-refractivity contribution in [3.8, 4) is 5.75 Å². The Bertz CT molecular complexity index is 579. The Balaban J connectivity index is 2.47. The van der Waals surface area contributed by atoms with Crippen molar-refractivity contribution in [1.29, 1.82) is 0 Å². The highest BCUT2D eigenvalue weighted by molar-refractivity contribution is 6.35. The number of methoxy groups -OCH3 is 1. The highest BCUT2D eigenvalue weighted by Gasteiger charge is 2.16. The van der Waals surface area contributed by atoms with Crippen LogP contribution in [0.25, 0.3) is 0 Å². The maximum absolute atomic E-state index is 12.3. The molecule has 0 bridgehead atoms. The molecule has 3 nitrogen and oxygen atoms in total. The Hall–Kier alpha value is -1.58. The van der Waals surface area contributed by atoms with E-state index in [0.29, 0.717) is 21.4 Å². The maximum atomic E-state index is 12.3. The first-order valence-electron chi connectivity index (χ1n) is 5.11. The van der Waals surface area contributed by atoms with Crippen LogP contribution in [0.15, 0.2) is 36.5 Å². The Kier molecular flexibility index (Phi) is 3.84. The molecular weight excluding hydrogens is 273 g/mol. The van der Waals surface area contributed by atoms with Crippen molar-refractivity contribution in [3.05, 3.63) is 57.8 Å². The minimum atomic E-state index is -0.281. The lowest BCUT2D eigenvalue weighted by Crippen LogP contribution is -2.06. The molecule has 0 aliphatic rings. The molecule has 2 aromatic rings. The fourth-order valence-corrected chi connectivity index (χ4v) is 2.07. The van der Waals surface area contributed by atoms with Gasteiger partial charge in [0, 0.05) is 21.8 Å². The zero-order valence-electron chi connectivity index (χ0n) is 9.48. The predicted molar refractivity (Wildman–Crippen MR) is 70.7 cm³/mol. The van der Waals surface area contributed by atoms with Gasteiger partial charge in [-0.2, -0.15) is 0 Å². The molecule has 0 fully saturated rings. The van der Waals surface area contributed by atoms with Crippen LogP contribution in [0.4, 0.5) is 0 Å². The van der Waals surface area contributed by atoms with Gasteiger partial charge in [0.1, 0.15) is 5.75 Å². The zero-order chi connectivity index (χ0) is 13.1. The van der Waals surface area contributed by atoms with E-state index >= 15 is 0 Å². The lowest BCUT2D eigenvalue weighted by atomic mass is 10.1. The molecule has 0 radical (unpaired) electrons. The normalized spacial score (nSPS) is 10.2. The van der Waals surface area contributed by atoms with Gasteiger partial charge in [-0.1, -0.05) is 23.2 Å². The van der Waals surface area contributed by atoms with Crippen LogP contribution in [0.3, 0.4) is 0 Å². The largest absolute Gasteiger partial charge is 0.494 e. The molecule has 92 valence electrons. The van der Waals surface area contributed by atoms with Crippen molar-refractivity contribution in [1.82, 2.24) is 4.98 Å². The third-order valence-electron chi connectivity index (χ3n) is 2.33. The molecule has 0 saturated heterocycles. The average molecular weight is 282 g/mol. The molecule has 0 saturated carbocycles. The first kappa shape index (κ1) is 12.9. The number of ether oxygens (including phenoxy) is 1. The number of pyridine rings is 1. The van der Waals surface area contributed by atoms with Gasteiger partial charge in [-0.15, -0.1) is 0 Å². The van der Waals surface area contributed by atoms with Crippen molar-refractivity contribution < 1.29 is 9.53 Å². The van der Waals surface area contributed by atoms with Gasteiger partial charge in [-0.05, 0) is 30.3 Å². The van der Waals surface area contributed by atoms with Gasteiger partial charge in [0.15, 0.2) is 5.69 Å². The summed E-state index contributed by atoms with van der Waals surface area (Å²) < 4.78 is 5.10. The summed E-state index contributed by atoms with van der Waals surface area (Å²) in [6.07, 6.45) is 1.53. The van der Waals surface area contributed by atoms with Crippen molar-refractivity contribution in [2.75, 3.05) is 7.11 Å². The summed E-state index contributed by atoms with van der Waals surface area (Å²) in [6.45, 7) is 0. The number of aromatic nitrogens is 1. The second-order valence-corrected chi connectivity index (χ2v) is 4.41. The third-order valence-corrected chi connectivity index (χ3v) is 2.77. The van der Waals surface area contributed by atoms with Gasteiger partial charge in [-0.25, -0.2) is 4.98 Å². The summed E-state index contributed by atoms with van der Waals surface area (Å²) in [7, 11) is 1.48. The molecule has 18 heavy (non-hydrogen) atoms. The topological polar surface area (TPSA) is 39.2 Å². The van der Waals surface area contributed by atoms with Crippen LogP contribution in [0.2, 0.25) is 10.0 Å². The van der Waals surface area contributed by atoms with Crippen molar-refractivity contribution in [2.24, 2.45) is 0 Å². The summed E-state index contributed by atoms with van der Waals surface area (Å²) >= 11 is 11.7. The summed E-state index contributed by atoms with van der Waals surface area (Å²) in [5.74, 6) is 0.135. The van der Waals surface area contributed by atoms with Crippen LogP contribution >= 0.6 is 23.2 Å². The highest BCUT2D eigenvalue weighted by Crippen LogP contribution is 2.23. The van der Waals surface area contributed by atoms with Gasteiger partial charge < -0.3 is 4.74 Å². The van der Waals surface area contributed by atoms with Crippen LogP contribution in [0.1, 0.15) is 16.1 Å². The van der Waals surface area contributed by atoms with E-state index in [1.54, 1.807) is 30.3 Å². The second kappa shape index (κ2) is 5.38.